The number of methoxy groups -OCH3 is 1. The molecule has 0 spiro atoms. The monoisotopic (exact) mass is 541 g/mol. The van der Waals surface area contributed by atoms with Gasteiger partial charge in [0.15, 0.2) is 0 Å². The maximum absolute atomic E-state index is 11.5. The number of rotatable bonds is 15. The predicted molar refractivity (Wildman–Crippen MR) is 157 cm³/mol. The standard InChI is InChI=1S/C33H35NO6/c1-39-28-16-11-24(12-17-28)6-2-3-21-40-29-18-13-25(14-19-29)10-15-26-7-4-8-30-33(26)27(22-32(37)38)23-34(30)20-5-9-31(35)36/h4,7-8,10-19,23H,2-3,5-6,9,20-22H2,1H3,(H,35,36)(H,37,38). The molecule has 40 heavy (non-hydrogen) atoms. The third kappa shape index (κ3) is 7.99. The second-order valence-corrected chi connectivity index (χ2v) is 9.71. The number of aryl methyl sites for hydroxylation is 2. The van der Waals surface area contributed by atoms with Crippen LogP contribution in [-0.4, -0.2) is 40.4 Å². The lowest BCUT2D eigenvalue weighted by Crippen LogP contribution is -2.01. The van der Waals surface area contributed by atoms with Crippen molar-refractivity contribution in [1.82, 2.24) is 4.57 Å². The van der Waals surface area contributed by atoms with E-state index in [0.29, 0.717) is 25.1 Å². The summed E-state index contributed by atoms with van der Waals surface area (Å²) in [5.74, 6) is -0.0491. The molecule has 0 unspecified atom stereocenters. The van der Waals surface area contributed by atoms with Crippen molar-refractivity contribution in [1.29, 1.82) is 0 Å². The lowest BCUT2D eigenvalue weighted by Gasteiger charge is -2.07. The van der Waals surface area contributed by atoms with Crippen LogP contribution in [0.5, 0.6) is 11.5 Å². The van der Waals surface area contributed by atoms with Crippen LogP contribution in [0.1, 0.15) is 47.9 Å². The van der Waals surface area contributed by atoms with E-state index in [9.17, 15) is 14.7 Å². The Balaban J connectivity index is 1.36. The summed E-state index contributed by atoms with van der Waals surface area (Å²) in [4.78, 5) is 22.5. The third-order valence-corrected chi connectivity index (χ3v) is 6.77. The summed E-state index contributed by atoms with van der Waals surface area (Å²) < 4.78 is 13.1. The summed E-state index contributed by atoms with van der Waals surface area (Å²) in [6, 6.07) is 21.9. The first-order valence-corrected chi connectivity index (χ1v) is 13.5. The van der Waals surface area contributed by atoms with Gasteiger partial charge in [-0.1, -0.05) is 48.6 Å². The van der Waals surface area contributed by atoms with Gasteiger partial charge in [-0.15, -0.1) is 0 Å². The van der Waals surface area contributed by atoms with E-state index in [0.717, 1.165) is 52.8 Å². The van der Waals surface area contributed by atoms with Gasteiger partial charge in [0, 0.05) is 30.1 Å². The quantitative estimate of drug-likeness (QED) is 0.128. The highest BCUT2D eigenvalue weighted by Gasteiger charge is 2.14. The summed E-state index contributed by atoms with van der Waals surface area (Å²) in [6.45, 7) is 1.17. The first-order chi connectivity index (χ1) is 19.4. The summed E-state index contributed by atoms with van der Waals surface area (Å²) in [6.07, 6.45) is 9.28. The number of fused-ring (bicyclic) bond motifs is 1. The second kappa shape index (κ2) is 14.0. The Morgan fingerprint density at radius 3 is 2.30 bits per heavy atom. The van der Waals surface area contributed by atoms with Crippen molar-refractivity contribution in [2.75, 3.05) is 13.7 Å². The van der Waals surface area contributed by atoms with E-state index in [1.165, 1.54) is 5.56 Å². The van der Waals surface area contributed by atoms with E-state index in [-0.39, 0.29) is 12.8 Å². The Bertz CT molecular complexity index is 1450. The van der Waals surface area contributed by atoms with Gasteiger partial charge < -0.3 is 24.3 Å². The molecule has 3 aromatic carbocycles. The molecule has 7 nitrogen and oxygen atoms in total. The van der Waals surface area contributed by atoms with Crippen molar-refractivity contribution < 1.29 is 29.3 Å². The normalized spacial score (nSPS) is 11.2. The minimum Gasteiger partial charge on any atom is -0.497 e. The minimum absolute atomic E-state index is 0.0664. The fraction of sp³-hybridized carbons (Fsp3) is 0.273. The number of aromatic nitrogens is 1. The fourth-order valence-corrected chi connectivity index (χ4v) is 4.76. The number of unbranched alkanes of at least 4 members (excludes halogenated alkanes) is 1. The number of carboxylic acids is 2. The number of carboxylic acid groups (broad SMARTS) is 2. The molecule has 4 rings (SSSR count). The van der Waals surface area contributed by atoms with Gasteiger partial charge in [-0.25, -0.2) is 0 Å². The van der Waals surface area contributed by atoms with E-state index in [2.05, 4.69) is 12.1 Å². The Hall–Kier alpha value is -4.52. The molecule has 208 valence electrons. The molecule has 0 saturated carbocycles. The van der Waals surface area contributed by atoms with Crippen molar-refractivity contribution in [3.63, 3.8) is 0 Å². The molecule has 0 bridgehead atoms. The van der Waals surface area contributed by atoms with Crippen molar-refractivity contribution in [3.05, 3.63) is 95.2 Å². The highest BCUT2D eigenvalue weighted by Crippen LogP contribution is 2.28. The van der Waals surface area contributed by atoms with Gasteiger partial charge in [0.25, 0.3) is 0 Å². The molecule has 7 heteroatoms. The molecule has 0 radical (unpaired) electrons. The largest absolute Gasteiger partial charge is 0.497 e. The van der Waals surface area contributed by atoms with Crippen LogP contribution in [-0.2, 0) is 29.0 Å². The Morgan fingerprint density at radius 1 is 0.850 bits per heavy atom. The van der Waals surface area contributed by atoms with Crippen LogP contribution >= 0.6 is 0 Å². The molecule has 1 aromatic heterocycles. The molecule has 2 N–H and O–H groups in total. The van der Waals surface area contributed by atoms with Gasteiger partial charge in [-0.3, -0.25) is 9.59 Å². The number of hydrogen-bond acceptors (Lipinski definition) is 4. The van der Waals surface area contributed by atoms with Gasteiger partial charge in [-0.05, 0) is 78.3 Å². The van der Waals surface area contributed by atoms with Crippen LogP contribution in [0.15, 0.2) is 72.9 Å². The first-order valence-electron chi connectivity index (χ1n) is 13.5. The average Bonchev–Trinajstić information content (AvgIpc) is 3.29. The predicted octanol–water partition coefficient (Wildman–Crippen LogP) is 6.71. The molecule has 0 aliphatic rings. The van der Waals surface area contributed by atoms with Gasteiger partial charge in [-0.2, -0.15) is 0 Å². The SMILES string of the molecule is COc1ccc(CCCCOc2ccc(C=Cc3cccc4c3c(CC(=O)O)cn4CCCC(=O)O)cc2)cc1. The maximum atomic E-state index is 11.5. The van der Waals surface area contributed by atoms with Gasteiger partial charge >= 0.3 is 11.9 Å². The third-order valence-electron chi connectivity index (χ3n) is 6.77. The molecular formula is C33H35NO6. The van der Waals surface area contributed by atoms with Crippen LogP contribution < -0.4 is 9.47 Å². The van der Waals surface area contributed by atoms with Crippen LogP contribution in [0.4, 0.5) is 0 Å². The number of ether oxygens (including phenoxy) is 2. The van der Waals surface area contributed by atoms with E-state index in [4.69, 9.17) is 14.6 Å². The Kier molecular flexibility index (Phi) is 9.99. The molecule has 0 aliphatic carbocycles. The number of aliphatic carboxylic acids is 2. The molecule has 0 fully saturated rings. The van der Waals surface area contributed by atoms with Crippen LogP contribution in [0.25, 0.3) is 23.1 Å². The number of carbonyl (C=O) groups is 2. The molecule has 0 saturated heterocycles. The molecule has 0 aliphatic heterocycles. The molecule has 1 heterocycles. The fourth-order valence-electron chi connectivity index (χ4n) is 4.76. The maximum Gasteiger partial charge on any atom is 0.307 e. The lowest BCUT2D eigenvalue weighted by atomic mass is 10.0. The van der Waals surface area contributed by atoms with E-state index in [1.54, 1.807) is 7.11 Å². The Labute approximate surface area is 234 Å². The van der Waals surface area contributed by atoms with Gasteiger partial charge in [0.2, 0.25) is 0 Å². The van der Waals surface area contributed by atoms with E-state index in [1.807, 2.05) is 77.5 Å². The molecule has 0 amide bonds. The highest BCUT2D eigenvalue weighted by molar-refractivity contribution is 5.96. The number of nitrogens with zero attached hydrogens (tertiary/aromatic N) is 1. The second-order valence-electron chi connectivity index (χ2n) is 9.71. The summed E-state index contributed by atoms with van der Waals surface area (Å²) in [5.41, 5.74) is 4.83. The van der Waals surface area contributed by atoms with Crippen LogP contribution in [0.3, 0.4) is 0 Å². The van der Waals surface area contributed by atoms with E-state index >= 15 is 0 Å². The summed E-state index contributed by atoms with van der Waals surface area (Å²) in [5, 5.41) is 19.3. The molecular weight excluding hydrogens is 506 g/mol. The zero-order chi connectivity index (χ0) is 28.3. The topological polar surface area (TPSA) is 98.0 Å². The van der Waals surface area contributed by atoms with Crippen molar-refractivity contribution in [3.8, 4) is 11.5 Å². The summed E-state index contributed by atoms with van der Waals surface area (Å²) in [7, 11) is 1.67. The zero-order valence-electron chi connectivity index (χ0n) is 22.7. The molecule has 0 atom stereocenters. The first kappa shape index (κ1) is 28.5. The molecule has 4 aromatic rings. The van der Waals surface area contributed by atoms with Gasteiger partial charge in [0.05, 0.1) is 20.1 Å². The smallest absolute Gasteiger partial charge is 0.307 e. The van der Waals surface area contributed by atoms with Crippen LogP contribution in [0, 0.1) is 0 Å². The summed E-state index contributed by atoms with van der Waals surface area (Å²) >= 11 is 0. The zero-order valence-corrected chi connectivity index (χ0v) is 22.7. The number of benzene rings is 3. The Morgan fingerprint density at radius 2 is 1.60 bits per heavy atom. The average molecular weight is 542 g/mol. The van der Waals surface area contributed by atoms with E-state index < -0.39 is 11.9 Å². The van der Waals surface area contributed by atoms with Crippen molar-refractivity contribution >= 4 is 35.0 Å². The number of hydrogen-bond donors (Lipinski definition) is 2. The van der Waals surface area contributed by atoms with Crippen molar-refractivity contribution in [2.24, 2.45) is 0 Å². The van der Waals surface area contributed by atoms with Gasteiger partial charge in [0.1, 0.15) is 11.5 Å². The van der Waals surface area contributed by atoms with Crippen LogP contribution in [0.2, 0.25) is 0 Å². The minimum atomic E-state index is -0.903. The lowest BCUT2D eigenvalue weighted by molar-refractivity contribution is -0.137. The van der Waals surface area contributed by atoms with Crippen molar-refractivity contribution in [2.45, 2.75) is 45.1 Å². The highest BCUT2D eigenvalue weighted by atomic mass is 16.5.